The molecular formula is C13H23N3. The van der Waals surface area contributed by atoms with E-state index in [1.165, 1.54) is 5.56 Å². The Morgan fingerprint density at radius 1 is 1.25 bits per heavy atom. The molecular weight excluding hydrogens is 198 g/mol. The number of nitrogens with one attached hydrogen (secondary N) is 2. The fraction of sp³-hybridized carbons (Fsp3) is 0.615. The van der Waals surface area contributed by atoms with Gasteiger partial charge in [0.2, 0.25) is 0 Å². The number of aryl methyl sites for hydroxylation is 1. The van der Waals surface area contributed by atoms with Crippen LogP contribution in [-0.2, 0) is 6.54 Å². The topological polar surface area (TPSA) is 37.0 Å². The van der Waals surface area contributed by atoms with Gasteiger partial charge in [-0.15, -0.1) is 0 Å². The summed E-state index contributed by atoms with van der Waals surface area (Å²) < 4.78 is 0. The molecule has 0 amide bonds. The van der Waals surface area contributed by atoms with Crippen LogP contribution >= 0.6 is 0 Å². The van der Waals surface area contributed by atoms with Crippen molar-refractivity contribution in [2.24, 2.45) is 0 Å². The Kier molecular flexibility index (Phi) is 5.43. The van der Waals surface area contributed by atoms with Crippen molar-refractivity contribution < 1.29 is 0 Å². The molecule has 0 radical (unpaired) electrons. The predicted molar refractivity (Wildman–Crippen MR) is 68.4 cm³/mol. The van der Waals surface area contributed by atoms with Gasteiger partial charge in [-0.2, -0.15) is 0 Å². The van der Waals surface area contributed by atoms with E-state index < -0.39 is 0 Å². The Morgan fingerprint density at radius 3 is 2.62 bits per heavy atom. The first-order chi connectivity index (χ1) is 7.58. The molecule has 0 saturated heterocycles. The van der Waals surface area contributed by atoms with E-state index in [4.69, 9.17) is 0 Å². The minimum Gasteiger partial charge on any atom is -0.313 e. The number of hydrogen-bond donors (Lipinski definition) is 2. The molecule has 16 heavy (non-hydrogen) atoms. The lowest BCUT2D eigenvalue weighted by molar-refractivity contribution is 0.474. The lowest BCUT2D eigenvalue weighted by Crippen LogP contribution is -2.38. The number of pyridine rings is 1. The van der Waals surface area contributed by atoms with Crippen molar-refractivity contribution in [2.45, 2.75) is 46.3 Å². The van der Waals surface area contributed by atoms with Crippen LogP contribution in [0.15, 0.2) is 18.3 Å². The molecule has 0 bridgehead atoms. The first kappa shape index (κ1) is 13.1. The molecule has 90 valence electrons. The Balaban J connectivity index is 2.28. The van der Waals surface area contributed by atoms with Crippen LogP contribution in [0, 0.1) is 6.92 Å². The average molecular weight is 221 g/mol. The second kappa shape index (κ2) is 6.61. The monoisotopic (exact) mass is 221 g/mol. The summed E-state index contributed by atoms with van der Waals surface area (Å²) in [5, 5.41) is 6.91. The standard InChI is InChI=1S/C13H23N3/c1-10(2)15-8-12(4)16-9-13-5-6-14-11(3)7-13/h5-7,10,12,15-16H,8-9H2,1-4H3. The molecule has 0 aliphatic carbocycles. The minimum absolute atomic E-state index is 0.482. The van der Waals surface area contributed by atoms with Crippen molar-refractivity contribution in [2.75, 3.05) is 6.54 Å². The van der Waals surface area contributed by atoms with Crippen LogP contribution < -0.4 is 10.6 Å². The van der Waals surface area contributed by atoms with Gasteiger partial charge >= 0.3 is 0 Å². The van der Waals surface area contributed by atoms with E-state index in [0.29, 0.717) is 12.1 Å². The van der Waals surface area contributed by atoms with Gasteiger partial charge in [0.05, 0.1) is 0 Å². The van der Waals surface area contributed by atoms with Crippen molar-refractivity contribution >= 4 is 0 Å². The largest absolute Gasteiger partial charge is 0.313 e. The van der Waals surface area contributed by atoms with E-state index in [1.54, 1.807) is 0 Å². The zero-order valence-electron chi connectivity index (χ0n) is 10.7. The molecule has 1 rings (SSSR count). The third kappa shape index (κ3) is 5.24. The van der Waals surface area contributed by atoms with E-state index in [1.807, 2.05) is 13.1 Å². The Bertz CT molecular complexity index is 310. The Hall–Kier alpha value is -0.930. The normalized spacial score (nSPS) is 13.1. The Morgan fingerprint density at radius 2 is 2.00 bits per heavy atom. The van der Waals surface area contributed by atoms with Crippen molar-refractivity contribution in [3.05, 3.63) is 29.6 Å². The lowest BCUT2D eigenvalue weighted by atomic mass is 10.2. The van der Waals surface area contributed by atoms with Gasteiger partial charge < -0.3 is 10.6 Å². The van der Waals surface area contributed by atoms with Crippen LogP contribution in [0.1, 0.15) is 32.0 Å². The first-order valence-corrected chi connectivity index (χ1v) is 5.96. The van der Waals surface area contributed by atoms with Crippen LogP contribution in [0.5, 0.6) is 0 Å². The van der Waals surface area contributed by atoms with Crippen LogP contribution in [0.25, 0.3) is 0 Å². The van der Waals surface area contributed by atoms with Gasteiger partial charge in [-0.1, -0.05) is 13.8 Å². The second-order valence-corrected chi connectivity index (χ2v) is 4.65. The molecule has 0 saturated carbocycles. The van der Waals surface area contributed by atoms with E-state index in [0.717, 1.165) is 18.8 Å². The first-order valence-electron chi connectivity index (χ1n) is 5.96. The van der Waals surface area contributed by atoms with Crippen LogP contribution in [0.2, 0.25) is 0 Å². The number of hydrogen-bond acceptors (Lipinski definition) is 3. The van der Waals surface area contributed by atoms with Crippen LogP contribution in [0.3, 0.4) is 0 Å². The van der Waals surface area contributed by atoms with Crippen molar-refractivity contribution in [3.8, 4) is 0 Å². The number of aromatic nitrogens is 1. The molecule has 1 heterocycles. The summed E-state index contributed by atoms with van der Waals surface area (Å²) in [6.07, 6.45) is 1.86. The smallest absolute Gasteiger partial charge is 0.0375 e. The summed E-state index contributed by atoms with van der Waals surface area (Å²) >= 11 is 0. The van der Waals surface area contributed by atoms with E-state index in [-0.39, 0.29) is 0 Å². The molecule has 1 aromatic heterocycles. The van der Waals surface area contributed by atoms with Crippen molar-refractivity contribution in [1.82, 2.24) is 15.6 Å². The fourth-order valence-electron chi connectivity index (χ4n) is 1.49. The second-order valence-electron chi connectivity index (χ2n) is 4.65. The summed E-state index contributed by atoms with van der Waals surface area (Å²) in [6, 6.07) is 5.21. The van der Waals surface area contributed by atoms with Crippen LogP contribution in [0.4, 0.5) is 0 Å². The van der Waals surface area contributed by atoms with Gasteiger partial charge in [0, 0.05) is 37.1 Å². The quantitative estimate of drug-likeness (QED) is 0.770. The molecule has 3 heteroatoms. The summed E-state index contributed by atoms with van der Waals surface area (Å²) in [6.45, 7) is 10.5. The third-order valence-corrected chi connectivity index (χ3v) is 2.45. The molecule has 3 nitrogen and oxygen atoms in total. The Labute approximate surface area is 98.7 Å². The van der Waals surface area contributed by atoms with E-state index >= 15 is 0 Å². The zero-order chi connectivity index (χ0) is 12.0. The van der Waals surface area contributed by atoms with Crippen LogP contribution in [-0.4, -0.2) is 23.6 Å². The maximum atomic E-state index is 4.19. The summed E-state index contributed by atoms with van der Waals surface area (Å²) in [4.78, 5) is 4.19. The van der Waals surface area contributed by atoms with E-state index in [2.05, 4.69) is 48.5 Å². The summed E-state index contributed by atoms with van der Waals surface area (Å²) in [5.41, 5.74) is 2.37. The highest BCUT2D eigenvalue weighted by molar-refractivity contribution is 5.15. The van der Waals surface area contributed by atoms with Gasteiger partial charge in [-0.3, -0.25) is 4.98 Å². The fourth-order valence-corrected chi connectivity index (χ4v) is 1.49. The molecule has 0 aliphatic rings. The third-order valence-electron chi connectivity index (χ3n) is 2.45. The van der Waals surface area contributed by atoms with E-state index in [9.17, 15) is 0 Å². The SMILES string of the molecule is Cc1cc(CNC(C)CNC(C)C)ccn1. The number of nitrogens with zero attached hydrogens (tertiary/aromatic N) is 1. The molecule has 0 fully saturated rings. The molecule has 0 spiro atoms. The zero-order valence-corrected chi connectivity index (χ0v) is 10.7. The van der Waals surface area contributed by atoms with Gasteiger partial charge in [-0.25, -0.2) is 0 Å². The highest BCUT2D eigenvalue weighted by Gasteiger charge is 2.02. The van der Waals surface area contributed by atoms with Crippen molar-refractivity contribution in [3.63, 3.8) is 0 Å². The molecule has 2 N–H and O–H groups in total. The van der Waals surface area contributed by atoms with Gasteiger partial charge in [0.1, 0.15) is 0 Å². The maximum absolute atomic E-state index is 4.19. The maximum Gasteiger partial charge on any atom is 0.0375 e. The summed E-state index contributed by atoms with van der Waals surface area (Å²) in [5.74, 6) is 0. The molecule has 1 aromatic rings. The molecule has 0 aromatic carbocycles. The molecule has 0 aliphatic heterocycles. The van der Waals surface area contributed by atoms with Gasteiger partial charge in [0.25, 0.3) is 0 Å². The highest BCUT2D eigenvalue weighted by Crippen LogP contribution is 2.00. The molecule has 1 unspecified atom stereocenters. The lowest BCUT2D eigenvalue weighted by Gasteiger charge is -2.16. The number of rotatable bonds is 6. The van der Waals surface area contributed by atoms with Gasteiger partial charge in [-0.05, 0) is 31.5 Å². The van der Waals surface area contributed by atoms with Gasteiger partial charge in [0.15, 0.2) is 0 Å². The average Bonchev–Trinajstić information content (AvgIpc) is 2.23. The van der Waals surface area contributed by atoms with Crippen molar-refractivity contribution in [1.29, 1.82) is 0 Å². The summed E-state index contributed by atoms with van der Waals surface area (Å²) in [7, 11) is 0. The molecule has 1 atom stereocenters. The predicted octanol–water partition coefficient (Wildman–Crippen LogP) is 1.87. The minimum atomic E-state index is 0.482. The highest BCUT2D eigenvalue weighted by atomic mass is 15.0.